The summed E-state index contributed by atoms with van der Waals surface area (Å²) in [5.74, 6) is 0.483. The van der Waals surface area contributed by atoms with Crippen molar-refractivity contribution in [1.82, 2.24) is 9.97 Å². The zero-order valence-electron chi connectivity index (χ0n) is 10.6. The summed E-state index contributed by atoms with van der Waals surface area (Å²) in [4.78, 5) is 8.51. The van der Waals surface area contributed by atoms with Crippen LogP contribution in [0.1, 0.15) is 11.4 Å². The molecule has 0 saturated heterocycles. The van der Waals surface area contributed by atoms with E-state index in [4.69, 9.17) is 23.8 Å². The molecule has 0 aliphatic rings. The fraction of sp³-hybridized carbons (Fsp3) is 0.154. The highest BCUT2D eigenvalue weighted by atomic mass is 35.5. The van der Waals surface area contributed by atoms with E-state index >= 15 is 0 Å². The van der Waals surface area contributed by atoms with Crippen LogP contribution in [-0.2, 0) is 0 Å². The highest BCUT2D eigenvalue weighted by molar-refractivity contribution is 7.80. The van der Waals surface area contributed by atoms with E-state index in [1.54, 1.807) is 12.1 Å². The second-order valence-electron chi connectivity index (χ2n) is 4.06. The first-order valence-electron chi connectivity index (χ1n) is 5.69. The van der Waals surface area contributed by atoms with E-state index in [0.29, 0.717) is 16.1 Å². The lowest BCUT2D eigenvalue weighted by Crippen LogP contribution is -2.20. The zero-order valence-corrected chi connectivity index (χ0v) is 12.1. The normalized spacial score (nSPS) is 10.1. The molecule has 0 aliphatic carbocycles. The van der Waals surface area contributed by atoms with Gasteiger partial charge in [0.25, 0.3) is 0 Å². The monoisotopic (exact) mass is 292 g/mol. The summed E-state index contributed by atoms with van der Waals surface area (Å²) < 4.78 is 0. The Kier molecular flexibility index (Phi) is 4.29. The molecule has 0 atom stereocenters. The van der Waals surface area contributed by atoms with E-state index < -0.39 is 0 Å². The second kappa shape index (κ2) is 5.95. The van der Waals surface area contributed by atoms with Gasteiger partial charge in [-0.3, -0.25) is 0 Å². The predicted molar refractivity (Wildman–Crippen MR) is 82.8 cm³/mol. The van der Waals surface area contributed by atoms with Gasteiger partial charge in [-0.1, -0.05) is 17.7 Å². The van der Waals surface area contributed by atoms with Crippen LogP contribution in [0.5, 0.6) is 0 Å². The first-order valence-corrected chi connectivity index (χ1v) is 6.47. The summed E-state index contributed by atoms with van der Waals surface area (Å²) >= 11 is 11.1. The Morgan fingerprint density at radius 2 is 1.79 bits per heavy atom. The van der Waals surface area contributed by atoms with Gasteiger partial charge in [-0.25, -0.2) is 9.97 Å². The van der Waals surface area contributed by atoms with Crippen molar-refractivity contribution >= 4 is 40.6 Å². The highest BCUT2D eigenvalue weighted by Gasteiger charge is 2.03. The van der Waals surface area contributed by atoms with Crippen LogP contribution >= 0.6 is 23.8 Å². The zero-order chi connectivity index (χ0) is 13.8. The molecule has 0 unspecified atom stereocenters. The van der Waals surface area contributed by atoms with Crippen LogP contribution in [0, 0.1) is 13.8 Å². The van der Waals surface area contributed by atoms with Gasteiger partial charge in [-0.05, 0) is 50.3 Å². The first kappa shape index (κ1) is 13.7. The molecule has 1 aromatic heterocycles. The summed E-state index contributed by atoms with van der Waals surface area (Å²) in [5, 5.41) is 7.04. The van der Waals surface area contributed by atoms with Crippen molar-refractivity contribution < 1.29 is 0 Å². The third kappa shape index (κ3) is 4.15. The Hall–Kier alpha value is -1.72. The number of hydrogen-bond acceptors (Lipinski definition) is 3. The minimum Gasteiger partial charge on any atom is -0.332 e. The van der Waals surface area contributed by atoms with Crippen LogP contribution in [0.15, 0.2) is 30.3 Å². The number of anilines is 2. The van der Waals surface area contributed by atoms with Gasteiger partial charge in [0.15, 0.2) is 5.11 Å². The number of nitrogens with one attached hydrogen (secondary N) is 2. The van der Waals surface area contributed by atoms with Gasteiger partial charge >= 0.3 is 0 Å². The fourth-order valence-corrected chi connectivity index (χ4v) is 2.01. The Balaban J connectivity index is 2.05. The van der Waals surface area contributed by atoms with Crippen molar-refractivity contribution in [2.24, 2.45) is 0 Å². The topological polar surface area (TPSA) is 49.8 Å². The molecular formula is C13H13ClN4S. The molecule has 0 amide bonds. The maximum absolute atomic E-state index is 5.90. The second-order valence-corrected chi connectivity index (χ2v) is 4.91. The van der Waals surface area contributed by atoms with E-state index in [1.807, 2.05) is 32.0 Å². The molecule has 1 heterocycles. The molecule has 2 aromatic rings. The van der Waals surface area contributed by atoms with E-state index in [0.717, 1.165) is 17.1 Å². The van der Waals surface area contributed by atoms with Crippen molar-refractivity contribution in [3.63, 3.8) is 0 Å². The van der Waals surface area contributed by atoms with Crippen molar-refractivity contribution in [3.8, 4) is 0 Å². The quantitative estimate of drug-likeness (QED) is 0.829. The lowest BCUT2D eigenvalue weighted by atomic mass is 10.3. The number of hydrogen-bond donors (Lipinski definition) is 2. The highest BCUT2D eigenvalue weighted by Crippen LogP contribution is 2.15. The molecule has 0 spiro atoms. The molecule has 6 heteroatoms. The Labute approximate surface area is 122 Å². The van der Waals surface area contributed by atoms with Crippen molar-refractivity contribution in [1.29, 1.82) is 0 Å². The van der Waals surface area contributed by atoms with E-state index in [9.17, 15) is 0 Å². The summed E-state index contributed by atoms with van der Waals surface area (Å²) in [7, 11) is 0. The van der Waals surface area contributed by atoms with Crippen LogP contribution in [-0.4, -0.2) is 15.1 Å². The van der Waals surface area contributed by atoms with Crippen LogP contribution in [0.3, 0.4) is 0 Å². The molecule has 0 fully saturated rings. The molecular weight excluding hydrogens is 280 g/mol. The summed E-state index contributed by atoms with van der Waals surface area (Å²) in [6.45, 7) is 3.82. The number of aromatic nitrogens is 2. The fourth-order valence-electron chi connectivity index (χ4n) is 1.61. The molecule has 2 rings (SSSR count). The van der Waals surface area contributed by atoms with Gasteiger partial charge in [0, 0.05) is 22.1 Å². The molecule has 19 heavy (non-hydrogen) atoms. The number of thiocarbonyl (C=S) groups is 1. The molecule has 1 aromatic carbocycles. The summed E-state index contributed by atoms with van der Waals surface area (Å²) in [6, 6.07) is 9.22. The van der Waals surface area contributed by atoms with Gasteiger partial charge < -0.3 is 10.6 Å². The minimum atomic E-state index is 0.423. The number of halogens is 1. The predicted octanol–water partition coefficient (Wildman–Crippen LogP) is 3.56. The van der Waals surface area contributed by atoms with Crippen molar-refractivity contribution in [2.45, 2.75) is 13.8 Å². The van der Waals surface area contributed by atoms with Crippen LogP contribution in [0.4, 0.5) is 11.6 Å². The Morgan fingerprint density at radius 3 is 2.42 bits per heavy atom. The molecule has 0 radical (unpaired) electrons. The van der Waals surface area contributed by atoms with Crippen molar-refractivity contribution in [2.75, 3.05) is 10.6 Å². The molecule has 0 bridgehead atoms. The molecule has 2 N–H and O–H groups in total. The number of nitrogens with zero attached hydrogens (tertiary/aromatic N) is 2. The number of benzene rings is 1. The first-order chi connectivity index (χ1) is 9.02. The third-order valence-corrected chi connectivity index (χ3v) is 2.73. The van der Waals surface area contributed by atoms with Gasteiger partial charge in [0.2, 0.25) is 5.95 Å². The minimum absolute atomic E-state index is 0.423. The maximum Gasteiger partial charge on any atom is 0.229 e. The smallest absolute Gasteiger partial charge is 0.229 e. The number of rotatable bonds is 2. The maximum atomic E-state index is 5.90. The van der Waals surface area contributed by atoms with E-state index in [1.165, 1.54) is 0 Å². The lowest BCUT2D eigenvalue weighted by Gasteiger charge is -2.10. The van der Waals surface area contributed by atoms with Crippen LogP contribution in [0.25, 0.3) is 0 Å². The van der Waals surface area contributed by atoms with E-state index in [-0.39, 0.29) is 0 Å². The van der Waals surface area contributed by atoms with Gasteiger partial charge in [0.1, 0.15) is 0 Å². The Bertz CT molecular complexity index is 595. The molecule has 98 valence electrons. The number of aryl methyl sites for hydroxylation is 2. The van der Waals surface area contributed by atoms with Crippen LogP contribution in [0.2, 0.25) is 5.02 Å². The van der Waals surface area contributed by atoms with Crippen LogP contribution < -0.4 is 10.6 Å². The van der Waals surface area contributed by atoms with Gasteiger partial charge in [0.05, 0.1) is 0 Å². The van der Waals surface area contributed by atoms with Crippen molar-refractivity contribution in [3.05, 3.63) is 46.7 Å². The summed E-state index contributed by atoms with van der Waals surface area (Å²) in [5.41, 5.74) is 2.59. The largest absolute Gasteiger partial charge is 0.332 e. The SMILES string of the molecule is Cc1cc(C)nc(NC(=S)Nc2cccc(Cl)c2)n1. The Morgan fingerprint density at radius 1 is 1.11 bits per heavy atom. The van der Waals surface area contributed by atoms with Gasteiger partial charge in [-0.15, -0.1) is 0 Å². The third-order valence-electron chi connectivity index (χ3n) is 2.29. The lowest BCUT2D eigenvalue weighted by molar-refractivity contribution is 1.07. The van der Waals surface area contributed by atoms with Gasteiger partial charge in [-0.2, -0.15) is 0 Å². The van der Waals surface area contributed by atoms with E-state index in [2.05, 4.69) is 20.6 Å². The molecule has 4 nitrogen and oxygen atoms in total. The summed E-state index contributed by atoms with van der Waals surface area (Å²) in [6.07, 6.45) is 0. The molecule has 0 aliphatic heterocycles. The average Bonchev–Trinajstić information content (AvgIpc) is 2.26. The average molecular weight is 293 g/mol. The standard InChI is InChI=1S/C13H13ClN4S/c1-8-6-9(2)16-12(15-8)18-13(19)17-11-5-3-4-10(14)7-11/h3-7H,1-2H3,(H2,15,16,17,18,19). The molecule has 0 saturated carbocycles.